The summed E-state index contributed by atoms with van der Waals surface area (Å²) in [5, 5.41) is 6.43. The fourth-order valence-electron chi connectivity index (χ4n) is 2.59. The first kappa shape index (κ1) is 18.7. The van der Waals surface area contributed by atoms with Crippen molar-refractivity contribution in [2.45, 2.75) is 32.7 Å². The monoisotopic (exact) mass is 398 g/mol. The number of hydrogen-bond acceptors (Lipinski definition) is 2. The molecule has 1 fully saturated rings. The first-order valence-corrected chi connectivity index (χ1v) is 9.13. The number of likely N-dealkylation sites (tertiary alicyclic amines) is 1. The predicted molar refractivity (Wildman–Crippen MR) is 97.3 cm³/mol. The predicted octanol–water partition coefficient (Wildman–Crippen LogP) is 2.66. The van der Waals surface area contributed by atoms with E-state index in [1.165, 1.54) is 12.1 Å². The van der Waals surface area contributed by atoms with Gasteiger partial charge < -0.3 is 15.5 Å². The van der Waals surface area contributed by atoms with Crippen LogP contribution in [0.5, 0.6) is 0 Å². The third kappa shape index (κ3) is 5.78. The van der Waals surface area contributed by atoms with Crippen LogP contribution in [-0.2, 0) is 11.3 Å². The molecular weight excluding hydrogens is 375 g/mol. The molecule has 1 aromatic carbocycles. The number of rotatable bonds is 7. The van der Waals surface area contributed by atoms with Crippen molar-refractivity contribution in [3.8, 4) is 0 Å². The normalized spacial score (nSPS) is 15.0. The molecule has 1 aliphatic rings. The van der Waals surface area contributed by atoms with Crippen LogP contribution in [0.3, 0.4) is 0 Å². The molecule has 0 bridgehead atoms. The Labute approximate surface area is 150 Å². The lowest BCUT2D eigenvalue weighted by atomic mass is 10.2. The van der Waals surface area contributed by atoms with E-state index in [4.69, 9.17) is 0 Å². The molecule has 1 aromatic rings. The Kier molecular flexibility index (Phi) is 7.49. The molecule has 0 radical (unpaired) electrons. The second-order valence-corrected chi connectivity index (χ2v) is 6.55. The highest BCUT2D eigenvalue weighted by atomic mass is 79.9. The molecular formula is C17H24BrFN4O. The van der Waals surface area contributed by atoms with Crippen molar-refractivity contribution < 1.29 is 9.18 Å². The number of guanidine groups is 1. The fourth-order valence-corrected chi connectivity index (χ4v) is 2.96. The maximum absolute atomic E-state index is 13.3. The summed E-state index contributed by atoms with van der Waals surface area (Å²) in [5.41, 5.74) is 0.801. The van der Waals surface area contributed by atoms with Crippen LogP contribution >= 0.6 is 15.9 Å². The first-order valence-electron chi connectivity index (χ1n) is 8.34. The zero-order valence-electron chi connectivity index (χ0n) is 13.9. The Balaban J connectivity index is 1.81. The van der Waals surface area contributed by atoms with Crippen LogP contribution < -0.4 is 10.6 Å². The Bertz CT molecular complexity index is 594. The Morgan fingerprint density at radius 3 is 2.96 bits per heavy atom. The number of aliphatic imine (C=N–C) groups is 1. The number of amides is 1. The first-order chi connectivity index (χ1) is 11.6. The van der Waals surface area contributed by atoms with Crippen molar-refractivity contribution in [1.82, 2.24) is 15.5 Å². The van der Waals surface area contributed by atoms with Crippen LogP contribution in [0, 0.1) is 5.82 Å². The van der Waals surface area contributed by atoms with Gasteiger partial charge in [-0.25, -0.2) is 9.38 Å². The highest BCUT2D eigenvalue weighted by Crippen LogP contribution is 2.18. The molecule has 0 aliphatic carbocycles. The molecule has 24 heavy (non-hydrogen) atoms. The number of benzene rings is 1. The van der Waals surface area contributed by atoms with Gasteiger partial charge in [0.1, 0.15) is 5.82 Å². The summed E-state index contributed by atoms with van der Waals surface area (Å²) in [6.07, 6.45) is 2.53. The summed E-state index contributed by atoms with van der Waals surface area (Å²) in [5.74, 6) is 0.685. The van der Waals surface area contributed by atoms with Gasteiger partial charge in [-0.1, -0.05) is 15.9 Å². The highest BCUT2D eigenvalue weighted by Gasteiger charge is 2.18. The highest BCUT2D eigenvalue weighted by molar-refractivity contribution is 9.10. The molecule has 0 unspecified atom stereocenters. The molecule has 1 heterocycles. The minimum absolute atomic E-state index is 0.256. The lowest BCUT2D eigenvalue weighted by Crippen LogP contribution is -2.39. The molecule has 1 aliphatic heterocycles. The SMILES string of the molecule is CCNC(=NCc1cc(F)ccc1Br)NCCCN1CCCC1=O. The van der Waals surface area contributed by atoms with Crippen molar-refractivity contribution >= 4 is 27.8 Å². The van der Waals surface area contributed by atoms with Crippen molar-refractivity contribution in [3.05, 3.63) is 34.1 Å². The summed E-state index contributed by atoms with van der Waals surface area (Å²) in [4.78, 5) is 18.0. The Morgan fingerprint density at radius 2 is 2.25 bits per heavy atom. The van der Waals surface area contributed by atoms with Gasteiger partial charge in [0.15, 0.2) is 5.96 Å². The van der Waals surface area contributed by atoms with Gasteiger partial charge in [-0.2, -0.15) is 0 Å². The van der Waals surface area contributed by atoms with E-state index in [1.54, 1.807) is 6.07 Å². The number of nitrogens with one attached hydrogen (secondary N) is 2. The topological polar surface area (TPSA) is 56.7 Å². The molecule has 0 spiro atoms. The maximum Gasteiger partial charge on any atom is 0.222 e. The van der Waals surface area contributed by atoms with Crippen LogP contribution in [0.1, 0.15) is 31.7 Å². The number of nitrogens with zero attached hydrogens (tertiary/aromatic N) is 2. The van der Waals surface area contributed by atoms with Crippen LogP contribution in [0.4, 0.5) is 4.39 Å². The second kappa shape index (κ2) is 9.61. The average Bonchev–Trinajstić information content (AvgIpc) is 2.97. The lowest BCUT2D eigenvalue weighted by molar-refractivity contribution is -0.127. The summed E-state index contributed by atoms with van der Waals surface area (Å²) in [6.45, 7) is 5.53. The minimum Gasteiger partial charge on any atom is -0.357 e. The van der Waals surface area contributed by atoms with E-state index in [-0.39, 0.29) is 11.7 Å². The second-order valence-electron chi connectivity index (χ2n) is 5.70. The third-order valence-electron chi connectivity index (χ3n) is 3.83. The summed E-state index contributed by atoms with van der Waals surface area (Å²) in [6, 6.07) is 4.59. The molecule has 0 saturated carbocycles. The molecule has 2 N–H and O–H groups in total. The van der Waals surface area contributed by atoms with Crippen LogP contribution in [0.25, 0.3) is 0 Å². The van der Waals surface area contributed by atoms with E-state index in [1.807, 2.05) is 11.8 Å². The maximum atomic E-state index is 13.3. The summed E-state index contributed by atoms with van der Waals surface area (Å²) < 4.78 is 14.2. The van der Waals surface area contributed by atoms with Gasteiger partial charge in [0.05, 0.1) is 6.54 Å². The van der Waals surface area contributed by atoms with Gasteiger partial charge in [-0.3, -0.25) is 4.79 Å². The Hall–Kier alpha value is -1.63. The number of carbonyl (C=O) groups excluding carboxylic acids is 1. The van der Waals surface area contributed by atoms with E-state index in [9.17, 15) is 9.18 Å². The van der Waals surface area contributed by atoms with Crippen molar-refractivity contribution in [1.29, 1.82) is 0 Å². The molecule has 7 heteroatoms. The minimum atomic E-state index is -0.267. The average molecular weight is 399 g/mol. The van der Waals surface area contributed by atoms with Gasteiger partial charge in [-0.15, -0.1) is 0 Å². The number of hydrogen-bond donors (Lipinski definition) is 2. The number of carbonyl (C=O) groups is 1. The van der Waals surface area contributed by atoms with Gasteiger partial charge in [0, 0.05) is 37.1 Å². The molecule has 0 atom stereocenters. The van der Waals surface area contributed by atoms with Crippen molar-refractivity contribution in [2.24, 2.45) is 4.99 Å². The standard InChI is InChI=1S/C17H24BrFN4O/c1-2-20-17(21-8-4-10-23-9-3-5-16(23)24)22-12-13-11-14(19)6-7-15(13)18/h6-7,11H,2-5,8-10,12H2,1H3,(H2,20,21,22). The zero-order valence-corrected chi connectivity index (χ0v) is 15.5. The summed E-state index contributed by atoms with van der Waals surface area (Å²) >= 11 is 3.41. The van der Waals surface area contributed by atoms with E-state index >= 15 is 0 Å². The van der Waals surface area contributed by atoms with E-state index in [0.29, 0.717) is 18.9 Å². The third-order valence-corrected chi connectivity index (χ3v) is 4.60. The fraction of sp³-hybridized carbons (Fsp3) is 0.529. The molecule has 132 valence electrons. The molecule has 1 amide bonds. The van der Waals surface area contributed by atoms with E-state index in [0.717, 1.165) is 49.1 Å². The van der Waals surface area contributed by atoms with E-state index < -0.39 is 0 Å². The van der Waals surface area contributed by atoms with Gasteiger partial charge in [0.2, 0.25) is 5.91 Å². The van der Waals surface area contributed by atoms with Gasteiger partial charge in [-0.05, 0) is 43.5 Å². The lowest BCUT2D eigenvalue weighted by Gasteiger charge is -2.16. The molecule has 1 saturated heterocycles. The zero-order chi connectivity index (χ0) is 17.4. The van der Waals surface area contributed by atoms with Gasteiger partial charge in [0.25, 0.3) is 0 Å². The van der Waals surface area contributed by atoms with E-state index in [2.05, 4.69) is 31.6 Å². The molecule has 0 aromatic heterocycles. The van der Waals surface area contributed by atoms with Gasteiger partial charge >= 0.3 is 0 Å². The van der Waals surface area contributed by atoms with Crippen molar-refractivity contribution in [3.63, 3.8) is 0 Å². The Morgan fingerprint density at radius 1 is 1.42 bits per heavy atom. The summed E-state index contributed by atoms with van der Waals surface area (Å²) in [7, 11) is 0. The van der Waals surface area contributed by atoms with Crippen LogP contribution in [0.2, 0.25) is 0 Å². The smallest absolute Gasteiger partial charge is 0.222 e. The molecule has 2 rings (SSSR count). The van der Waals surface area contributed by atoms with Crippen molar-refractivity contribution in [2.75, 3.05) is 26.2 Å². The number of halogens is 2. The quantitative estimate of drug-likeness (QED) is 0.421. The van der Waals surface area contributed by atoms with Crippen LogP contribution in [0.15, 0.2) is 27.7 Å². The largest absolute Gasteiger partial charge is 0.357 e. The van der Waals surface area contributed by atoms with Crippen LogP contribution in [-0.4, -0.2) is 42.9 Å². The molecule has 5 nitrogen and oxygen atoms in total.